The third-order valence-corrected chi connectivity index (χ3v) is 3.80. The minimum atomic E-state index is 0.256. The molecule has 0 amide bonds. The zero-order chi connectivity index (χ0) is 12.0. The van der Waals surface area contributed by atoms with Gasteiger partial charge in [0.15, 0.2) is 5.78 Å². The maximum atomic E-state index is 12.0. The summed E-state index contributed by atoms with van der Waals surface area (Å²) >= 11 is 3.48. The molecule has 16 heavy (non-hydrogen) atoms. The molecular formula is C14H19BrO. The highest BCUT2D eigenvalue weighted by Crippen LogP contribution is 2.23. The Morgan fingerprint density at radius 3 is 2.69 bits per heavy atom. The number of ketones is 1. The standard InChI is InChI=1S/C14H19BrO/c1-3-4-5-6-10-13(16)12-9-7-8-11(2)14(12)15/h7-9H,3-6,10H2,1-2H3. The molecule has 1 aromatic rings. The minimum Gasteiger partial charge on any atom is -0.294 e. The van der Waals surface area contributed by atoms with Crippen LogP contribution in [0.25, 0.3) is 0 Å². The Labute approximate surface area is 106 Å². The number of hydrogen-bond donors (Lipinski definition) is 0. The summed E-state index contributed by atoms with van der Waals surface area (Å²) in [7, 11) is 0. The van der Waals surface area contributed by atoms with Crippen molar-refractivity contribution in [3.8, 4) is 0 Å². The van der Waals surface area contributed by atoms with Crippen molar-refractivity contribution in [3.63, 3.8) is 0 Å². The lowest BCUT2D eigenvalue weighted by Gasteiger charge is -2.05. The van der Waals surface area contributed by atoms with Crippen molar-refractivity contribution in [2.75, 3.05) is 0 Å². The third kappa shape index (κ3) is 3.75. The van der Waals surface area contributed by atoms with Crippen molar-refractivity contribution in [1.82, 2.24) is 0 Å². The summed E-state index contributed by atoms with van der Waals surface area (Å²) in [6.45, 7) is 4.19. The van der Waals surface area contributed by atoms with Crippen LogP contribution in [0.4, 0.5) is 0 Å². The fourth-order valence-corrected chi connectivity index (χ4v) is 2.20. The summed E-state index contributed by atoms with van der Waals surface area (Å²) in [6, 6.07) is 5.86. The molecule has 0 saturated carbocycles. The maximum Gasteiger partial charge on any atom is 0.164 e. The first-order valence-corrected chi connectivity index (χ1v) is 6.74. The monoisotopic (exact) mass is 282 g/mol. The van der Waals surface area contributed by atoms with E-state index in [2.05, 4.69) is 22.9 Å². The Morgan fingerprint density at radius 1 is 1.25 bits per heavy atom. The molecule has 0 aliphatic carbocycles. The molecule has 1 rings (SSSR count). The van der Waals surface area contributed by atoms with Gasteiger partial charge in [-0.05, 0) is 34.8 Å². The summed E-state index contributed by atoms with van der Waals surface area (Å²) in [4.78, 5) is 12.0. The van der Waals surface area contributed by atoms with Crippen molar-refractivity contribution in [2.24, 2.45) is 0 Å². The van der Waals surface area contributed by atoms with E-state index >= 15 is 0 Å². The normalized spacial score (nSPS) is 10.4. The van der Waals surface area contributed by atoms with E-state index < -0.39 is 0 Å². The number of rotatable bonds is 6. The van der Waals surface area contributed by atoms with Crippen molar-refractivity contribution in [1.29, 1.82) is 0 Å². The first-order chi connectivity index (χ1) is 7.66. The van der Waals surface area contributed by atoms with Crippen LogP contribution in [0.2, 0.25) is 0 Å². The van der Waals surface area contributed by atoms with Gasteiger partial charge in [-0.25, -0.2) is 0 Å². The van der Waals surface area contributed by atoms with Gasteiger partial charge in [-0.1, -0.05) is 44.4 Å². The molecule has 0 radical (unpaired) electrons. The Kier molecular flexibility index (Phi) is 5.75. The lowest BCUT2D eigenvalue weighted by molar-refractivity contribution is 0.0978. The lowest BCUT2D eigenvalue weighted by Crippen LogP contribution is -2.01. The highest BCUT2D eigenvalue weighted by molar-refractivity contribution is 9.10. The number of aryl methyl sites for hydroxylation is 1. The van der Waals surface area contributed by atoms with Crippen LogP contribution in [0.5, 0.6) is 0 Å². The number of benzene rings is 1. The molecule has 0 heterocycles. The maximum absolute atomic E-state index is 12.0. The molecule has 0 unspecified atom stereocenters. The third-order valence-electron chi connectivity index (χ3n) is 2.75. The van der Waals surface area contributed by atoms with Gasteiger partial charge in [-0.3, -0.25) is 4.79 Å². The summed E-state index contributed by atoms with van der Waals surface area (Å²) in [5, 5.41) is 0. The van der Waals surface area contributed by atoms with Gasteiger partial charge in [-0.2, -0.15) is 0 Å². The highest BCUT2D eigenvalue weighted by Gasteiger charge is 2.10. The molecule has 0 bridgehead atoms. The molecule has 0 atom stereocenters. The predicted molar refractivity (Wildman–Crippen MR) is 72.0 cm³/mol. The van der Waals surface area contributed by atoms with E-state index in [1.54, 1.807) is 0 Å². The number of unbranched alkanes of at least 4 members (excludes halogenated alkanes) is 3. The molecule has 0 saturated heterocycles. The van der Waals surface area contributed by atoms with Crippen LogP contribution in [0.3, 0.4) is 0 Å². The first-order valence-electron chi connectivity index (χ1n) is 5.95. The molecule has 1 aromatic carbocycles. The van der Waals surface area contributed by atoms with Gasteiger partial charge in [0, 0.05) is 16.5 Å². The average molecular weight is 283 g/mol. The highest BCUT2D eigenvalue weighted by atomic mass is 79.9. The molecule has 0 aliphatic heterocycles. The second-order valence-corrected chi connectivity index (χ2v) is 4.96. The lowest BCUT2D eigenvalue weighted by atomic mass is 10.0. The van der Waals surface area contributed by atoms with Gasteiger partial charge < -0.3 is 0 Å². The average Bonchev–Trinajstić information content (AvgIpc) is 2.28. The molecule has 2 heteroatoms. The summed E-state index contributed by atoms with van der Waals surface area (Å²) in [5.74, 6) is 0.256. The predicted octanol–water partition coefficient (Wildman–Crippen LogP) is 4.91. The van der Waals surface area contributed by atoms with Crippen LogP contribution in [0.1, 0.15) is 54.9 Å². The number of carbonyl (C=O) groups excluding carboxylic acids is 1. The van der Waals surface area contributed by atoms with Crippen LogP contribution >= 0.6 is 15.9 Å². The minimum absolute atomic E-state index is 0.256. The number of Topliss-reactive ketones (excluding diaryl/α,β-unsaturated/α-hetero) is 1. The Bertz CT molecular complexity index is 358. The second-order valence-electron chi connectivity index (χ2n) is 4.17. The Morgan fingerprint density at radius 2 is 2.00 bits per heavy atom. The van der Waals surface area contributed by atoms with E-state index in [0.717, 1.165) is 28.4 Å². The number of carbonyl (C=O) groups is 1. The van der Waals surface area contributed by atoms with E-state index in [0.29, 0.717) is 6.42 Å². The van der Waals surface area contributed by atoms with Gasteiger partial charge in [0.05, 0.1) is 0 Å². The molecule has 0 aliphatic rings. The SMILES string of the molecule is CCCCCCC(=O)c1cccc(C)c1Br. The van der Waals surface area contributed by atoms with E-state index in [9.17, 15) is 4.79 Å². The van der Waals surface area contributed by atoms with E-state index in [1.165, 1.54) is 12.8 Å². The Hall–Kier alpha value is -0.630. The second kappa shape index (κ2) is 6.85. The summed E-state index contributed by atoms with van der Waals surface area (Å²) in [5.41, 5.74) is 1.95. The largest absolute Gasteiger partial charge is 0.294 e. The van der Waals surface area contributed by atoms with Crippen molar-refractivity contribution in [2.45, 2.75) is 46.0 Å². The molecule has 88 valence electrons. The van der Waals surface area contributed by atoms with Gasteiger partial charge in [0.25, 0.3) is 0 Å². The number of halogens is 1. The van der Waals surface area contributed by atoms with Gasteiger partial charge in [0.1, 0.15) is 0 Å². The fourth-order valence-electron chi connectivity index (χ4n) is 1.71. The summed E-state index contributed by atoms with van der Waals surface area (Å²) in [6.07, 6.45) is 5.27. The zero-order valence-electron chi connectivity index (χ0n) is 10.1. The van der Waals surface area contributed by atoms with Crippen LogP contribution in [-0.2, 0) is 0 Å². The van der Waals surface area contributed by atoms with Gasteiger partial charge in [-0.15, -0.1) is 0 Å². The van der Waals surface area contributed by atoms with Crippen LogP contribution in [0, 0.1) is 6.92 Å². The fraction of sp³-hybridized carbons (Fsp3) is 0.500. The zero-order valence-corrected chi connectivity index (χ0v) is 11.6. The van der Waals surface area contributed by atoms with E-state index in [4.69, 9.17) is 0 Å². The topological polar surface area (TPSA) is 17.1 Å². The van der Waals surface area contributed by atoms with Crippen LogP contribution < -0.4 is 0 Å². The molecule has 0 fully saturated rings. The van der Waals surface area contributed by atoms with Gasteiger partial charge >= 0.3 is 0 Å². The van der Waals surface area contributed by atoms with Crippen molar-refractivity contribution >= 4 is 21.7 Å². The Balaban J connectivity index is 2.56. The van der Waals surface area contributed by atoms with E-state index in [-0.39, 0.29) is 5.78 Å². The van der Waals surface area contributed by atoms with Crippen LogP contribution in [-0.4, -0.2) is 5.78 Å². The quantitative estimate of drug-likeness (QED) is 0.535. The molecule has 1 nitrogen and oxygen atoms in total. The molecule has 0 spiro atoms. The van der Waals surface area contributed by atoms with Crippen LogP contribution in [0.15, 0.2) is 22.7 Å². The van der Waals surface area contributed by atoms with Gasteiger partial charge in [0.2, 0.25) is 0 Å². The summed E-state index contributed by atoms with van der Waals surface area (Å²) < 4.78 is 0.954. The van der Waals surface area contributed by atoms with E-state index in [1.807, 2.05) is 25.1 Å². The van der Waals surface area contributed by atoms with Crippen molar-refractivity contribution in [3.05, 3.63) is 33.8 Å². The van der Waals surface area contributed by atoms with Crippen molar-refractivity contribution < 1.29 is 4.79 Å². The first kappa shape index (κ1) is 13.4. The number of hydrogen-bond acceptors (Lipinski definition) is 1. The smallest absolute Gasteiger partial charge is 0.164 e. The molecule has 0 N–H and O–H groups in total. The molecular weight excluding hydrogens is 264 g/mol. The molecule has 0 aromatic heterocycles.